The molecule has 2 aromatic rings. The zero-order valence-electron chi connectivity index (χ0n) is 14.5. The quantitative estimate of drug-likeness (QED) is 0.826. The SMILES string of the molecule is CC(O)COCc1ccccc1.CC1CO1.OCc1ccccc1. The molecule has 2 unspecified atom stereocenters. The molecule has 1 fully saturated rings. The van der Waals surface area contributed by atoms with Crippen molar-refractivity contribution in [2.75, 3.05) is 13.2 Å². The van der Waals surface area contributed by atoms with Gasteiger partial charge in [0.25, 0.3) is 0 Å². The first-order valence-corrected chi connectivity index (χ1v) is 8.18. The fraction of sp³-hybridized carbons (Fsp3) is 0.400. The number of hydrogen-bond acceptors (Lipinski definition) is 4. The standard InChI is InChI=1S/C10H14O2.C7H8O.C3H6O/c1-9(11)7-12-8-10-5-3-2-4-6-10;8-6-7-4-2-1-3-5-7;1-3-2-4-3/h2-6,9,11H,7-8H2,1H3;1-5,8H,6H2;3H,2H2,1H3. The normalized spacial score (nSPS) is 16.1. The fourth-order valence-electron chi connectivity index (χ4n) is 1.60. The largest absolute Gasteiger partial charge is 0.392 e. The second-order valence-corrected chi connectivity index (χ2v) is 5.64. The summed E-state index contributed by atoms with van der Waals surface area (Å²) in [6, 6.07) is 19.4. The van der Waals surface area contributed by atoms with Crippen molar-refractivity contribution in [1.82, 2.24) is 0 Å². The third-order valence-corrected chi connectivity index (χ3v) is 3.00. The molecular formula is C20H28O4. The van der Waals surface area contributed by atoms with Gasteiger partial charge in [-0.15, -0.1) is 0 Å². The predicted octanol–water partition coefficient (Wildman–Crippen LogP) is 3.17. The van der Waals surface area contributed by atoms with Gasteiger partial charge in [0.2, 0.25) is 0 Å². The van der Waals surface area contributed by atoms with Crippen LogP contribution in [0, 0.1) is 0 Å². The molecule has 1 aliphatic heterocycles. The average Bonchev–Trinajstić information content (AvgIpc) is 3.40. The zero-order chi connectivity index (χ0) is 17.6. The van der Waals surface area contributed by atoms with Crippen molar-refractivity contribution in [2.24, 2.45) is 0 Å². The Morgan fingerprint density at radius 1 is 1.04 bits per heavy atom. The summed E-state index contributed by atoms with van der Waals surface area (Å²) in [4.78, 5) is 0. The lowest BCUT2D eigenvalue weighted by Crippen LogP contribution is -2.09. The topological polar surface area (TPSA) is 62.2 Å². The maximum Gasteiger partial charge on any atom is 0.0781 e. The molecule has 0 bridgehead atoms. The molecule has 0 aliphatic carbocycles. The fourth-order valence-corrected chi connectivity index (χ4v) is 1.60. The second-order valence-electron chi connectivity index (χ2n) is 5.64. The van der Waals surface area contributed by atoms with Crippen LogP contribution in [0.2, 0.25) is 0 Å². The predicted molar refractivity (Wildman–Crippen MR) is 95.6 cm³/mol. The maximum absolute atomic E-state index is 8.91. The van der Waals surface area contributed by atoms with E-state index in [-0.39, 0.29) is 12.7 Å². The Labute approximate surface area is 144 Å². The Balaban J connectivity index is 0.000000204. The van der Waals surface area contributed by atoms with E-state index in [9.17, 15) is 0 Å². The van der Waals surface area contributed by atoms with Crippen molar-refractivity contribution in [3.63, 3.8) is 0 Å². The van der Waals surface area contributed by atoms with Crippen LogP contribution >= 0.6 is 0 Å². The highest BCUT2D eigenvalue weighted by molar-refractivity contribution is 5.13. The Hall–Kier alpha value is -1.72. The van der Waals surface area contributed by atoms with Gasteiger partial charge in [0.05, 0.1) is 38.6 Å². The van der Waals surface area contributed by atoms with Crippen molar-refractivity contribution >= 4 is 0 Å². The van der Waals surface area contributed by atoms with Crippen molar-refractivity contribution in [3.05, 3.63) is 71.8 Å². The summed E-state index contributed by atoms with van der Waals surface area (Å²) in [6.45, 7) is 5.87. The van der Waals surface area contributed by atoms with Gasteiger partial charge in [-0.05, 0) is 25.0 Å². The first-order chi connectivity index (χ1) is 11.6. The van der Waals surface area contributed by atoms with E-state index in [1.807, 2.05) is 60.7 Å². The van der Waals surface area contributed by atoms with Crippen molar-refractivity contribution in [3.8, 4) is 0 Å². The summed E-state index contributed by atoms with van der Waals surface area (Å²) >= 11 is 0. The minimum atomic E-state index is -0.381. The van der Waals surface area contributed by atoms with E-state index in [0.29, 0.717) is 19.3 Å². The third kappa shape index (κ3) is 11.8. The monoisotopic (exact) mass is 332 g/mol. The lowest BCUT2D eigenvalue weighted by atomic mass is 10.2. The Kier molecular flexibility index (Phi) is 10.7. The number of aliphatic hydroxyl groups is 2. The summed E-state index contributed by atoms with van der Waals surface area (Å²) in [6.07, 6.45) is 0.203. The molecule has 1 saturated heterocycles. The van der Waals surface area contributed by atoms with Gasteiger partial charge in [-0.2, -0.15) is 0 Å². The van der Waals surface area contributed by atoms with Gasteiger partial charge in [-0.1, -0.05) is 60.7 Å². The van der Waals surface area contributed by atoms with Gasteiger partial charge >= 0.3 is 0 Å². The van der Waals surface area contributed by atoms with Gasteiger partial charge in [0.15, 0.2) is 0 Å². The van der Waals surface area contributed by atoms with Crippen LogP contribution in [0.3, 0.4) is 0 Å². The van der Waals surface area contributed by atoms with Gasteiger partial charge in [0, 0.05) is 0 Å². The Bertz CT molecular complexity index is 510. The molecule has 3 rings (SSSR count). The molecule has 4 nitrogen and oxygen atoms in total. The van der Waals surface area contributed by atoms with Crippen LogP contribution in [0.15, 0.2) is 60.7 Å². The Morgan fingerprint density at radius 2 is 1.50 bits per heavy atom. The number of rotatable bonds is 5. The van der Waals surface area contributed by atoms with Crippen LogP contribution < -0.4 is 0 Å². The van der Waals surface area contributed by atoms with Crippen LogP contribution in [0.4, 0.5) is 0 Å². The summed E-state index contributed by atoms with van der Waals surface area (Å²) in [5, 5.41) is 17.4. The third-order valence-electron chi connectivity index (χ3n) is 3.00. The van der Waals surface area contributed by atoms with Crippen molar-refractivity contribution < 1.29 is 19.7 Å². The minimum Gasteiger partial charge on any atom is -0.392 e. The van der Waals surface area contributed by atoms with E-state index in [4.69, 9.17) is 19.7 Å². The van der Waals surface area contributed by atoms with Gasteiger partial charge in [-0.25, -0.2) is 0 Å². The highest BCUT2D eigenvalue weighted by atomic mass is 16.6. The molecule has 1 aliphatic rings. The maximum atomic E-state index is 8.91. The molecule has 4 heteroatoms. The molecule has 0 aromatic heterocycles. The van der Waals surface area contributed by atoms with Crippen LogP contribution in [-0.4, -0.2) is 35.6 Å². The number of benzene rings is 2. The molecule has 2 aromatic carbocycles. The highest BCUT2D eigenvalue weighted by Gasteiger charge is 2.13. The highest BCUT2D eigenvalue weighted by Crippen LogP contribution is 2.04. The van der Waals surface area contributed by atoms with Crippen LogP contribution in [0.1, 0.15) is 25.0 Å². The van der Waals surface area contributed by atoms with Gasteiger partial charge < -0.3 is 19.7 Å². The van der Waals surface area contributed by atoms with E-state index in [1.54, 1.807) is 6.92 Å². The lowest BCUT2D eigenvalue weighted by molar-refractivity contribution is 0.0376. The number of ether oxygens (including phenoxy) is 2. The summed E-state index contributed by atoms with van der Waals surface area (Å²) in [5.74, 6) is 0. The smallest absolute Gasteiger partial charge is 0.0781 e. The average molecular weight is 332 g/mol. The van der Waals surface area contributed by atoms with Gasteiger partial charge in [0.1, 0.15) is 0 Å². The van der Waals surface area contributed by atoms with Crippen LogP contribution in [-0.2, 0) is 22.7 Å². The molecule has 1 heterocycles. The summed E-state index contributed by atoms with van der Waals surface area (Å²) < 4.78 is 9.94. The number of aliphatic hydroxyl groups excluding tert-OH is 2. The molecule has 24 heavy (non-hydrogen) atoms. The first-order valence-electron chi connectivity index (χ1n) is 8.18. The lowest BCUT2D eigenvalue weighted by Gasteiger charge is -2.05. The molecule has 2 atom stereocenters. The van der Waals surface area contributed by atoms with Gasteiger partial charge in [-0.3, -0.25) is 0 Å². The van der Waals surface area contributed by atoms with E-state index in [1.165, 1.54) is 0 Å². The molecule has 132 valence electrons. The number of hydrogen-bond donors (Lipinski definition) is 2. The minimum absolute atomic E-state index is 0.140. The molecule has 0 spiro atoms. The summed E-state index contributed by atoms with van der Waals surface area (Å²) in [7, 11) is 0. The van der Waals surface area contributed by atoms with Crippen molar-refractivity contribution in [1.29, 1.82) is 0 Å². The Morgan fingerprint density at radius 3 is 1.83 bits per heavy atom. The number of epoxide rings is 1. The molecule has 2 N–H and O–H groups in total. The molecular weight excluding hydrogens is 304 g/mol. The van der Waals surface area contributed by atoms with E-state index < -0.39 is 0 Å². The van der Waals surface area contributed by atoms with Crippen LogP contribution in [0.25, 0.3) is 0 Å². The van der Waals surface area contributed by atoms with E-state index in [0.717, 1.165) is 17.7 Å². The second kappa shape index (κ2) is 12.7. The molecule has 0 radical (unpaired) electrons. The van der Waals surface area contributed by atoms with E-state index >= 15 is 0 Å². The molecule has 0 amide bonds. The van der Waals surface area contributed by atoms with E-state index in [2.05, 4.69) is 6.92 Å². The summed E-state index contributed by atoms with van der Waals surface area (Å²) in [5.41, 5.74) is 2.10. The van der Waals surface area contributed by atoms with Crippen molar-refractivity contribution in [2.45, 2.75) is 39.3 Å². The molecule has 0 saturated carbocycles. The van der Waals surface area contributed by atoms with Crippen LogP contribution in [0.5, 0.6) is 0 Å². The first kappa shape index (κ1) is 20.3. The zero-order valence-corrected chi connectivity index (χ0v) is 14.5.